The van der Waals surface area contributed by atoms with Crippen molar-refractivity contribution in [1.29, 1.82) is 0 Å². The van der Waals surface area contributed by atoms with E-state index >= 15 is 0 Å². The Morgan fingerprint density at radius 2 is 1.89 bits per heavy atom. The molecule has 2 amide bonds. The number of hydrogen-bond donors (Lipinski definition) is 2. The van der Waals surface area contributed by atoms with E-state index in [2.05, 4.69) is 15.2 Å². The van der Waals surface area contributed by atoms with E-state index in [0.29, 0.717) is 22.7 Å². The second kappa shape index (κ2) is 9.42. The standard InChI is InChI=1S/C19H24N4O4/c1-4-23(5-2)18-9-6-13(11-21-18)19(25)22-14-7-8-15(26-3)16(10-14)27-12-17(20)24/h6-11H,4-5,12H2,1-3H3,(H2,20,24)(H,22,25). The SMILES string of the molecule is CCN(CC)c1ccc(C(=O)Nc2ccc(OC)c(OCC(N)=O)c2)cn1. The molecule has 0 aliphatic heterocycles. The van der Waals surface area contributed by atoms with Crippen molar-refractivity contribution in [2.24, 2.45) is 5.73 Å². The van der Waals surface area contributed by atoms with Crippen LogP contribution < -0.4 is 25.4 Å². The molecule has 3 N–H and O–H groups in total. The summed E-state index contributed by atoms with van der Waals surface area (Å²) in [5.74, 6) is 0.650. The number of nitrogens with one attached hydrogen (secondary N) is 1. The molecule has 0 aliphatic carbocycles. The minimum Gasteiger partial charge on any atom is -0.493 e. The van der Waals surface area contributed by atoms with Crippen molar-refractivity contribution in [3.63, 3.8) is 0 Å². The zero-order valence-corrected chi connectivity index (χ0v) is 15.7. The molecule has 144 valence electrons. The van der Waals surface area contributed by atoms with E-state index in [1.54, 1.807) is 24.3 Å². The Hall–Kier alpha value is -3.29. The Morgan fingerprint density at radius 3 is 2.44 bits per heavy atom. The molecule has 0 spiro atoms. The van der Waals surface area contributed by atoms with E-state index < -0.39 is 5.91 Å². The molecular weight excluding hydrogens is 348 g/mol. The van der Waals surface area contributed by atoms with E-state index in [1.807, 2.05) is 19.9 Å². The molecule has 8 heteroatoms. The summed E-state index contributed by atoms with van der Waals surface area (Å²) < 4.78 is 10.5. The zero-order valence-electron chi connectivity index (χ0n) is 15.7. The number of methoxy groups -OCH3 is 1. The summed E-state index contributed by atoms with van der Waals surface area (Å²) in [7, 11) is 1.48. The van der Waals surface area contributed by atoms with Gasteiger partial charge in [0.1, 0.15) is 5.82 Å². The lowest BCUT2D eigenvalue weighted by molar-refractivity contribution is -0.119. The molecule has 1 aromatic carbocycles. The van der Waals surface area contributed by atoms with Crippen molar-refractivity contribution in [2.75, 3.05) is 37.0 Å². The van der Waals surface area contributed by atoms with Crippen LogP contribution in [0.4, 0.5) is 11.5 Å². The number of nitrogens with zero attached hydrogens (tertiary/aromatic N) is 2. The minimum absolute atomic E-state index is 0.287. The summed E-state index contributed by atoms with van der Waals surface area (Å²) in [5.41, 5.74) is 6.02. The molecule has 8 nitrogen and oxygen atoms in total. The summed E-state index contributed by atoms with van der Waals surface area (Å²) in [6.45, 7) is 5.50. The molecule has 0 unspecified atom stereocenters. The van der Waals surface area contributed by atoms with Gasteiger partial charge in [0.05, 0.1) is 12.7 Å². The molecule has 2 rings (SSSR count). The van der Waals surface area contributed by atoms with Gasteiger partial charge in [-0.05, 0) is 38.1 Å². The van der Waals surface area contributed by atoms with Crippen LogP contribution in [0.15, 0.2) is 36.5 Å². The molecule has 2 aromatic rings. The smallest absolute Gasteiger partial charge is 0.257 e. The van der Waals surface area contributed by atoms with Crippen LogP contribution in [0.25, 0.3) is 0 Å². The van der Waals surface area contributed by atoms with Gasteiger partial charge in [-0.15, -0.1) is 0 Å². The average Bonchev–Trinajstić information content (AvgIpc) is 2.68. The third-order valence-electron chi connectivity index (χ3n) is 3.89. The van der Waals surface area contributed by atoms with Crippen LogP contribution in [0, 0.1) is 0 Å². The second-order valence-electron chi connectivity index (χ2n) is 5.65. The molecule has 27 heavy (non-hydrogen) atoms. The Balaban J connectivity index is 2.12. The van der Waals surface area contributed by atoms with Crippen molar-refractivity contribution >= 4 is 23.3 Å². The molecule has 1 aromatic heterocycles. The highest BCUT2D eigenvalue weighted by Crippen LogP contribution is 2.30. The van der Waals surface area contributed by atoms with Gasteiger partial charge in [-0.3, -0.25) is 9.59 Å². The molecule has 0 saturated heterocycles. The van der Waals surface area contributed by atoms with Crippen molar-refractivity contribution in [3.8, 4) is 11.5 Å². The highest BCUT2D eigenvalue weighted by atomic mass is 16.5. The highest BCUT2D eigenvalue weighted by Gasteiger charge is 2.12. The lowest BCUT2D eigenvalue weighted by Gasteiger charge is -2.19. The van der Waals surface area contributed by atoms with E-state index in [1.165, 1.54) is 13.3 Å². The fraction of sp³-hybridized carbons (Fsp3) is 0.316. The summed E-state index contributed by atoms with van der Waals surface area (Å²) in [6, 6.07) is 8.41. The molecular formula is C19H24N4O4. The minimum atomic E-state index is -0.606. The monoisotopic (exact) mass is 372 g/mol. The normalized spacial score (nSPS) is 10.2. The number of ether oxygens (including phenoxy) is 2. The first kappa shape index (κ1) is 20.0. The number of carbonyl (C=O) groups excluding carboxylic acids is 2. The fourth-order valence-corrected chi connectivity index (χ4v) is 2.47. The Bertz CT molecular complexity index is 789. The van der Waals surface area contributed by atoms with Crippen LogP contribution in [-0.4, -0.2) is 43.6 Å². The van der Waals surface area contributed by atoms with Crippen molar-refractivity contribution in [1.82, 2.24) is 4.98 Å². The Morgan fingerprint density at radius 1 is 1.15 bits per heavy atom. The van der Waals surface area contributed by atoms with Gasteiger partial charge in [-0.2, -0.15) is 0 Å². The van der Waals surface area contributed by atoms with Crippen LogP contribution in [-0.2, 0) is 4.79 Å². The van der Waals surface area contributed by atoms with Gasteiger partial charge in [0, 0.05) is 31.0 Å². The van der Waals surface area contributed by atoms with Crippen LogP contribution in [0.3, 0.4) is 0 Å². The first-order valence-electron chi connectivity index (χ1n) is 8.60. The van der Waals surface area contributed by atoms with Crippen LogP contribution >= 0.6 is 0 Å². The third kappa shape index (κ3) is 5.34. The summed E-state index contributed by atoms with van der Waals surface area (Å²) in [6.07, 6.45) is 1.54. The maximum Gasteiger partial charge on any atom is 0.257 e. The largest absolute Gasteiger partial charge is 0.493 e. The number of carbonyl (C=O) groups is 2. The maximum absolute atomic E-state index is 12.5. The quantitative estimate of drug-likeness (QED) is 0.698. The maximum atomic E-state index is 12.5. The van der Waals surface area contributed by atoms with Crippen molar-refractivity contribution in [2.45, 2.75) is 13.8 Å². The lowest BCUT2D eigenvalue weighted by Crippen LogP contribution is -2.23. The summed E-state index contributed by atoms with van der Waals surface area (Å²) in [4.78, 5) is 29.8. The van der Waals surface area contributed by atoms with E-state index in [-0.39, 0.29) is 12.5 Å². The van der Waals surface area contributed by atoms with Crippen LogP contribution in [0.5, 0.6) is 11.5 Å². The van der Waals surface area contributed by atoms with Gasteiger partial charge in [-0.25, -0.2) is 4.98 Å². The molecule has 0 atom stereocenters. The number of nitrogens with two attached hydrogens (primary N) is 1. The first-order chi connectivity index (χ1) is 13.0. The van der Waals surface area contributed by atoms with Crippen LogP contribution in [0.2, 0.25) is 0 Å². The predicted molar refractivity (Wildman–Crippen MR) is 103 cm³/mol. The van der Waals surface area contributed by atoms with Crippen LogP contribution in [0.1, 0.15) is 24.2 Å². The van der Waals surface area contributed by atoms with E-state index in [0.717, 1.165) is 18.9 Å². The number of aromatic nitrogens is 1. The topological polar surface area (TPSA) is 107 Å². The highest BCUT2D eigenvalue weighted by molar-refractivity contribution is 6.04. The van der Waals surface area contributed by atoms with Gasteiger partial charge >= 0.3 is 0 Å². The molecule has 0 aliphatic rings. The molecule has 1 heterocycles. The molecule has 0 fully saturated rings. The second-order valence-corrected chi connectivity index (χ2v) is 5.65. The number of rotatable bonds is 9. The van der Waals surface area contributed by atoms with Gasteiger partial charge in [0.2, 0.25) is 0 Å². The zero-order chi connectivity index (χ0) is 19.8. The summed E-state index contributed by atoms with van der Waals surface area (Å²) >= 11 is 0. The number of pyridine rings is 1. The number of benzene rings is 1. The van der Waals surface area contributed by atoms with Gasteiger partial charge in [0.25, 0.3) is 11.8 Å². The number of primary amides is 1. The Labute approximate surface area is 158 Å². The van der Waals surface area contributed by atoms with Crippen molar-refractivity contribution in [3.05, 3.63) is 42.1 Å². The molecule has 0 radical (unpaired) electrons. The fourth-order valence-electron chi connectivity index (χ4n) is 2.47. The predicted octanol–water partition coefficient (Wildman–Crippen LogP) is 2.05. The van der Waals surface area contributed by atoms with Gasteiger partial charge in [-0.1, -0.05) is 0 Å². The summed E-state index contributed by atoms with van der Waals surface area (Å²) in [5, 5.41) is 2.77. The van der Waals surface area contributed by atoms with Gasteiger partial charge in [0.15, 0.2) is 18.1 Å². The number of anilines is 2. The third-order valence-corrected chi connectivity index (χ3v) is 3.89. The van der Waals surface area contributed by atoms with E-state index in [4.69, 9.17) is 15.2 Å². The number of amides is 2. The molecule has 0 saturated carbocycles. The van der Waals surface area contributed by atoms with E-state index in [9.17, 15) is 9.59 Å². The lowest BCUT2D eigenvalue weighted by atomic mass is 10.2. The van der Waals surface area contributed by atoms with Gasteiger partial charge < -0.3 is 25.4 Å². The average molecular weight is 372 g/mol. The number of hydrogen-bond acceptors (Lipinski definition) is 6. The first-order valence-corrected chi connectivity index (χ1v) is 8.60. The van der Waals surface area contributed by atoms with Crippen molar-refractivity contribution < 1.29 is 19.1 Å². The Kier molecular flexibility index (Phi) is 6.99. The molecule has 0 bridgehead atoms.